The summed E-state index contributed by atoms with van der Waals surface area (Å²) < 4.78 is 11.4. The number of aliphatic hydroxyl groups is 3. The second-order valence-corrected chi connectivity index (χ2v) is 10.4. The maximum Gasteiger partial charge on any atom is 0.175 e. The van der Waals surface area contributed by atoms with Crippen LogP contribution in [0.15, 0.2) is 0 Å². The Morgan fingerprint density at radius 1 is 0.763 bits per heavy atom. The van der Waals surface area contributed by atoms with E-state index >= 15 is 0 Å². The second kappa shape index (κ2) is 16.7. The van der Waals surface area contributed by atoms with Gasteiger partial charge in [0.25, 0.3) is 0 Å². The van der Waals surface area contributed by atoms with Crippen LogP contribution in [0.2, 0.25) is 0 Å². The predicted molar refractivity (Wildman–Crippen MR) is 139 cm³/mol. The zero-order valence-corrected chi connectivity index (χ0v) is 23.0. The van der Waals surface area contributed by atoms with E-state index in [1.165, 1.54) is 0 Å². The highest BCUT2D eigenvalue weighted by atomic mass is 16.7. The van der Waals surface area contributed by atoms with Gasteiger partial charge in [-0.05, 0) is 20.8 Å². The maximum absolute atomic E-state index is 11.9. The highest BCUT2D eigenvalue weighted by Crippen LogP contribution is 2.20. The summed E-state index contributed by atoms with van der Waals surface area (Å²) in [5.74, 6) is 0.217. The Hall–Kier alpha value is -1.39. The summed E-state index contributed by atoms with van der Waals surface area (Å²) in [6.45, 7) is 11.0. The minimum Gasteiger partial charge on any atom is -0.394 e. The summed E-state index contributed by atoms with van der Waals surface area (Å²) in [5.41, 5.74) is 5.98. The van der Waals surface area contributed by atoms with Crippen LogP contribution in [0.5, 0.6) is 0 Å². The van der Waals surface area contributed by atoms with E-state index in [-0.39, 0.29) is 24.0 Å². The number of aliphatic hydroxyl groups excluding tert-OH is 3. The van der Waals surface area contributed by atoms with E-state index in [0.717, 1.165) is 0 Å². The van der Waals surface area contributed by atoms with Crippen LogP contribution in [-0.2, 0) is 23.9 Å². The van der Waals surface area contributed by atoms with Crippen LogP contribution < -0.4 is 5.73 Å². The average molecular weight is 546 g/mol. The number of carbonyl (C=O) groups is 3. The molecule has 5 N–H and O–H groups in total. The van der Waals surface area contributed by atoms with Crippen LogP contribution in [0.1, 0.15) is 20.8 Å². The molecule has 5 atom stereocenters. The van der Waals surface area contributed by atoms with Crippen molar-refractivity contribution in [2.45, 2.75) is 51.4 Å². The van der Waals surface area contributed by atoms with Crippen molar-refractivity contribution in [3.05, 3.63) is 0 Å². The van der Waals surface area contributed by atoms with Crippen molar-refractivity contribution < 1.29 is 39.2 Å². The second-order valence-electron chi connectivity index (χ2n) is 10.4. The Labute approximate surface area is 225 Å². The van der Waals surface area contributed by atoms with Gasteiger partial charge in [-0.3, -0.25) is 34.0 Å². The zero-order chi connectivity index (χ0) is 28.2. The molecule has 5 unspecified atom stereocenters. The van der Waals surface area contributed by atoms with E-state index in [1.54, 1.807) is 20.8 Å². The fourth-order valence-corrected chi connectivity index (χ4v) is 4.77. The van der Waals surface area contributed by atoms with Gasteiger partial charge in [0.15, 0.2) is 6.29 Å². The number of hydrogen-bond acceptors (Lipinski definition) is 13. The van der Waals surface area contributed by atoms with Crippen molar-refractivity contribution in [3.8, 4) is 0 Å². The molecule has 2 fully saturated rings. The fraction of sp³-hybridized carbons (Fsp3) is 0.880. The van der Waals surface area contributed by atoms with Gasteiger partial charge < -0.3 is 30.5 Å². The number of ketones is 3. The molecule has 2 heterocycles. The highest BCUT2D eigenvalue weighted by Gasteiger charge is 2.43. The molecular weight excluding hydrogens is 498 g/mol. The van der Waals surface area contributed by atoms with Crippen LogP contribution in [0.4, 0.5) is 0 Å². The van der Waals surface area contributed by atoms with E-state index in [9.17, 15) is 29.7 Å². The van der Waals surface area contributed by atoms with E-state index in [4.69, 9.17) is 15.2 Å². The Kier molecular flexibility index (Phi) is 14.4. The molecule has 220 valence electrons. The molecule has 0 radical (unpaired) electrons. The fourth-order valence-electron chi connectivity index (χ4n) is 4.77. The summed E-state index contributed by atoms with van der Waals surface area (Å²) in [6, 6.07) is -0.964. The molecule has 13 heteroatoms. The number of nitrogens with zero attached hydrogens (tertiary/aromatic N) is 4. The van der Waals surface area contributed by atoms with Gasteiger partial charge in [-0.25, -0.2) is 0 Å². The first-order chi connectivity index (χ1) is 18.0. The molecule has 2 aliphatic rings. The summed E-state index contributed by atoms with van der Waals surface area (Å²) in [6.07, 6.45) is -4.54. The normalized spacial score (nSPS) is 29.9. The van der Waals surface area contributed by atoms with E-state index in [0.29, 0.717) is 78.5 Å². The lowest BCUT2D eigenvalue weighted by molar-refractivity contribution is -0.266. The number of carbonyl (C=O) groups excluding carboxylic acids is 3. The van der Waals surface area contributed by atoms with Crippen LogP contribution in [0, 0.1) is 0 Å². The van der Waals surface area contributed by atoms with Crippen LogP contribution >= 0.6 is 0 Å². The number of Topliss-reactive ketones (excluding diaryl/α,β-unsaturated/α-hetero) is 3. The molecule has 0 aromatic carbocycles. The number of rotatable bonds is 11. The Morgan fingerprint density at radius 2 is 1.16 bits per heavy atom. The molecular formula is C25H47N5O8. The van der Waals surface area contributed by atoms with Crippen molar-refractivity contribution in [2.75, 3.05) is 91.8 Å². The third-order valence-corrected chi connectivity index (χ3v) is 6.89. The largest absolute Gasteiger partial charge is 0.394 e. The quantitative estimate of drug-likeness (QED) is 0.204. The highest BCUT2D eigenvalue weighted by molar-refractivity contribution is 5.78. The number of hydrogen-bond donors (Lipinski definition) is 4. The first kappa shape index (κ1) is 32.8. The minimum atomic E-state index is -1.30. The molecule has 13 nitrogen and oxygen atoms in total. The molecule has 2 aliphatic heterocycles. The summed E-state index contributed by atoms with van der Waals surface area (Å²) in [5, 5.41) is 29.6. The smallest absolute Gasteiger partial charge is 0.175 e. The molecule has 0 aliphatic carbocycles. The SMILES string of the molecule is CC(=O)CN1CCN(CCOC2OC(CO)C(O)C(O)C2N)CCN(CC(C)=O)CCN(CC(C)=O)CC1. The lowest BCUT2D eigenvalue weighted by atomic mass is 9.98. The molecule has 0 spiro atoms. The Balaban J connectivity index is 2.05. The van der Waals surface area contributed by atoms with Crippen molar-refractivity contribution in [2.24, 2.45) is 5.73 Å². The van der Waals surface area contributed by atoms with Crippen LogP contribution in [-0.4, -0.2) is 175 Å². The molecule has 2 rings (SSSR count). The molecule has 0 aromatic heterocycles. The molecule has 0 aromatic rings. The van der Waals surface area contributed by atoms with Gasteiger partial charge in [0.2, 0.25) is 0 Å². The van der Waals surface area contributed by atoms with E-state index in [1.807, 2.05) is 0 Å². The molecule has 38 heavy (non-hydrogen) atoms. The first-order valence-electron chi connectivity index (χ1n) is 13.4. The van der Waals surface area contributed by atoms with Crippen molar-refractivity contribution in [1.29, 1.82) is 0 Å². The van der Waals surface area contributed by atoms with Gasteiger partial charge in [-0.15, -0.1) is 0 Å². The number of nitrogens with two attached hydrogens (primary N) is 1. The van der Waals surface area contributed by atoms with Gasteiger partial charge in [-0.2, -0.15) is 0 Å². The average Bonchev–Trinajstić information content (AvgIpc) is 2.84. The first-order valence-corrected chi connectivity index (χ1v) is 13.4. The summed E-state index contributed by atoms with van der Waals surface area (Å²) in [4.78, 5) is 44.0. The zero-order valence-electron chi connectivity index (χ0n) is 23.0. The van der Waals surface area contributed by atoms with Crippen molar-refractivity contribution in [3.63, 3.8) is 0 Å². The molecule has 0 saturated carbocycles. The lowest BCUT2D eigenvalue weighted by Crippen LogP contribution is -2.62. The monoisotopic (exact) mass is 545 g/mol. The standard InChI is InChI=1S/C25H47N5O8/c1-18(32)14-28-6-4-27(12-13-37-25-22(26)24(36)23(35)21(17-31)38-25)5-7-29(15-19(2)33)9-11-30(10-8-28)16-20(3)34/h21-25,31,35-36H,4-17,26H2,1-3H3. The van der Waals surface area contributed by atoms with Gasteiger partial charge in [0.1, 0.15) is 35.7 Å². The Bertz CT molecular complexity index is 725. The lowest BCUT2D eigenvalue weighted by Gasteiger charge is -2.40. The van der Waals surface area contributed by atoms with Crippen LogP contribution in [0.25, 0.3) is 0 Å². The minimum absolute atomic E-state index is 0.0698. The van der Waals surface area contributed by atoms with Crippen LogP contribution in [0.3, 0.4) is 0 Å². The van der Waals surface area contributed by atoms with Gasteiger partial charge in [0, 0.05) is 58.9 Å². The van der Waals surface area contributed by atoms with Crippen molar-refractivity contribution in [1.82, 2.24) is 19.6 Å². The summed E-state index contributed by atoms with van der Waals surface area (Å²) >= 11 is 0. The third kappa shape index (κ3) is 11.4. The van der Waals surface area contributed by atoms with Crippen molar-refractivity contribution >= 4 is 17.3 Å². The third-order valence-electron chi connectivity index (χ3n) is 6.89. The number of ether oxygens (including phenoxy) is 2. The maximum atomic E-state index is 11.9. The molecule has 0 amide bonds. The Morgan fingerprint density at radius 3 is 1.53 bits per heavy atom. The summed E-state index contributed by atoms with van der Waals surface area (Å²) in [7, 11) is 0. The predicted octanol–water partition coefficient (Wildman–Crippen LogP) is -3.24. The van der Waals surface area contributed by atoms with E-state index < -0.39 is 37.3 Å². The topological polar surface area (TPSA) is 169 Å². The van der Waals surface area contributed by atoms with Gasteiger partial charge in [0.05, 0.1) is 38.9 Å². The van der Waals surface area contributed by atoms with E-state index in [2.05, 4.69) is 19.6 Å². The molecule has 0 bridgehead atoms. The van der Waals surface area contributed by atoms with Gasteiger partial charge in [-0.1, -0.05) is 0 Å². The molecule has 2 saturated heterocycles. The van der Waals surface area contributed by atoms with Gasteiger partial charge >= 0.3 is 0 Å².